The molecule has 2 aromatic rings. The van der Waals surface area contributed by atoms with Crippen molar-refractivity contribution in [3.63, 3.8) is 0 Å². The van der Waals surface area contributed by atoms with Crippen LogP contribution in [-0.4, -0.2) is 0 Å². The van der Waals surface area contributed by atoms with Gasteiger partial charge in [0.1, 0.15) is 0 Å². The van der Waals surface area contributed by atoms with Crippen LogP contribution in [0.5, 0.6) is 0 Å². The molecule has 0 heterocycles. The molecule has 0 aromatic heterocycles. The van der Waals surface area contributed by atoms with Gasteiger partial charge >= 0.3 is 0 Å². The van der Waals surface area contributed by atoms with Gasteiger partial charge in [-0.05, 0) is 47.3 Å². The van der Waals surface area contributed by atoms with Gasteiger partial charge in [-0.3, -0.25) is 0 Å². The van der Waals surface area contributed by atoms with E-state index < -0.39 is 0 Å². The molecule has 0 amide bonds. The van der Waals surface area contributed by atoms with Crippen LogP contribution in [0, 0.1) is 0 Å². The highest BCUT2D eigenvalue weighted by molar-refractivity contribution is 5.28. The number of hydrogen-bond acceptors (Lipinski definition) is 0. The van der Waals surface area contributed by atoms with Crippen molar-refractivity contribution in [3.05, 3.63) is 71.3 Å². The highest BCUT2D eigenvalue weighted by Gasteiger charge is 2.15. The van der Waals surface area contributed by atoms with E-state index in [1.165, 1.54) is 29.5 Å². The monoisotopic (exact) mass is 280 g/mol. The minimum absolute atomic E-state index is 0.608. The third kappa shape index (κ3) is 4.20. The first-order valence-electron chi connectivity index (χ1n) is 8.26. The lowest BCUT2D eigenvalue weighted by Crippen LogP contribution is -2.04. The summed E-state index contributed by atoms with van der Waals surface area (Å²) in [6, 6.07) is 20.2. The van der Waals surface area contributed by atoms with E-state index in [2.05, 4.69) is 82.3 Å². The fourth-order valence-corrected chi connectivity index (χ4v) is 3.04. The van der Waals surface area contributed by atoms with Crippen LogP contribution in [0.15, 0.2) is 54.6 Å². The lowest BCUT2D eigenvalue weighted by molar-refractivity contribution is 0.544. The molecule has 0 spiro atoms. The van der Waals surface area contributed by atoms with Crippen molar-refractivity contribution in [1.29, 1.82) is 0 Å². The molecule has 2 unspecified atom stereocenters. The summed E-state index contributed by atoms with van der Waals surface area (Å²) in [5, 5.41) is 0. The van der Waals surface area contributed by atoms with Crippen LogP contribution in [0.3, 0.4) is 0 Å². The Bertz CT molecular complexity index is 522. The van der Waals surface area contributed by atoms with Gasteiger partial charge in [-0.15, -0.1) is 0 Å². The molecule has 0 radical (unpaired) electrons. The summed E-state index contributed by atoms with van der Waals surface area (Å²) in [7, 11) is 0. The zero-order valence-electron chi connectivity index (χ0n) is 13.8. The van der Waals surface area contributed by atoms with E-state index in [0.29, 0.717) is 17.8 Å². The maximum atomic E-state index is 2.36. The summed E-state index contributed by atoms with van der Waals surface area (Å²) in [5.74, 6) is 1.88. The van der Waals surface area contributed by atoms with Crippen LogP contribution in [0.25, 0.3) is 0 Å². The first-order valence-corrected chi connectivity index (χ1v) is 8.26. The average molecular weight is 280 g/mol. The molecule has 0 saturated heterocycles. The summed E-state index contributed by atoms with van der Waals surface area (Å²) >= 11 is 0. The highest BCUT2D eigenvalue weighted by atomic mass is 14.2. The van der Waals surface area contributed by atoms with Crippen molar-refractivity contribution < 1.29 is 0 Å². The molecule has 2 rings (SSSR count). The summed E-state index contributed by atoms with van der Waals surface area (Å²) in [5.41, 5.74) is 4.38. The van der Waals surface area contributed by atoms with Gasteiger partial charge in [-0.2, -0.15) is 0 Å². The van der Waals surface area contributed by atoms with Crippen molar-refractivity contribution in [2.75, 3.05) is 0 Å². The fourth-order valence-electron chi connectivity index (χ4n) is 3.04. The molecular weight excluding hydrogens is 252 g/mol. The Morgan fingerprint density at radius 2 is 1.29 bits per heavy atom. The molecule has 0 N–H and O–H groups in total. The molecule has 0 bridgehead atoms. The van der Waals surface area contributed by atoms with Crippen molar-refractivity contribution in [2.24, 2.45) is 0 Å². The van der Waals surface area contributed by atoms with Crippen molar-refractivity contribution in [1.82, 2.24) is 0 Å². The number of benzene rings is 2. The van der Waals surface area contributed by atoms with E-state index in [1.54, 1.807) is 0 Å². The maximum absolute atomic E-state index is 2.36. The molecule has 0 aliphatic rings. The molecule has 112 valence electrons. The van der Waals surface area contributed by atoms with Crippen LogP contribution in [0.2, 0.25) is 0 Å². The first kappa shape index (κ1) is 15.8. The highest BCUT2D eigenvalue weighted by Crippen LogP contribution is 2.32. The van der Waals surface area contributed by atoms with E-state index >= 15 is 0 Å². The number of hydrogen-bond donors (Lipinski definition) is 0. The Morgan fingerprint density at radius 1 is 0.714 bits per heavy atom. The van der Waals surface area contributed by atoms with Crippen LogP contribution in [0.4, 0.5) is 0 Å². The van der Waals surface area contributed by atoms with Gasteiger partial charge in [0.25, 0.3) is 0 Å². The van der Waals surface area contributed by atoms with Gasteiger partial charge in [0.15, 0.2) is 0 Å². The third-order valence-electron chi connectivity index (χ3n) is 4.57. The quantitative estimate of drug-likeness (QED) is 0.566. The Balaban J connectivity index is 2.07. The topological polar surface area (TPSA) is 0 Å². The molecule has 0 heteroatoms. The second-order valence-corrected chi connectivity index (χ2v) is 6.47. The number of rotatable bonds is 6. The van der Waals surface area contributed by atoms with Gasteiger partial charge in [0.2, 0.25) is 0 Å². The predicted molar refractivity (Wildman–Crippen MR) is 93.0 cm³/mol. The molecule has 2 aromatic carbocycles. The van der Waals surface area contributed by atoms with E-state index in [-0.39, 0.29) is 0 Å². The van der Waals surface area contributed by atoms with E-state index in [9.17, 15) is 0 Å². The molecule has 0 fully saturated rings. The molecule has 0 aliphatic carbocycles. The zero-order valence-corrected chi connectivity index (χ0v) is 13.8. The van der Waals surface area contributed by atoms with E-state index in [1.807, 2.05) is 0 Å². The SMILES string of the molecule is CCC(CC(C)c1ccc(C(C)C)cc1)c1ccccc1. The summed E-state index contributed by atoms with van der Waals surface area (Å²) in [6.07, 6.45) is 2.43. The third-order valence-corrected chi connectivity index (χ3v) is 4.57. The van der Waals surface area contributed by atoms with Crippen LogP contribution >= 0.6 is 0 Å². The Morgan fingerprint density at radius 3 is 1.81 bits per heavy atom. The lowest BCUT2D eigenvalue weighted by atomic mass is 9.84. The molecular formula is C21H28. The van der Waals surface area contributed by atoms with E-state index in [4.69, 9.17) is 0 Å². The molecule has 0 nitrogen and oxygen atoms in total. The van der Waals surface area contributed by atoms with Gasteiger partial charge in [-0.1, -0.05) is 82.3 Å². The summed E-state index contributed by atoms with van der Waals surface area (Å²) in [6.45, 7) is 9.16. The Kier molecular flexibility index (Phi) is 5.61. The second-order valence-electron chi connectivity index (χ2n) is 6.47. The molecule has 2 atom stereocenters. The first-order chi connectivity index (χ1) is 10.1. The predicted octanol–water partition coefficient (Wildman–Crippen LogP) is 6.50. The van der Waals surface area contributed by atoms with Gasteiger partial charge in [0, 0.05) is 0 Å². The molecule has 21 heavy (non-hydrogen) atoms. The van der Waals surface area contributed by atoms with Gasteiger partial charge in [-0.25, -0.2) is 0 Å². The zero-order chi connectivity index (χ0) is 15.2. The second kappa shape index (κ2) is 7.45. The minimum Gasteiger partial charge on any atom is -0.0648 e. The standard InChI is InChI=1S/C21H28/c1-5-18(21-9-7-6-8-10-21)15-17(4)20-13-11-19(12-14-20)16(2)3/h6-14,16-18H,5,15H2,1-4H3. The summed E-state index contributed by atoms with van der Waals surface area (Å²) in [4.78, 5) is 0. The normalized spacial score (nSPS) is 14.1. The van der Waals surface area contributed by atoms with Crippen molar-refractivity contribution in [3.8, 4) is 0 Å². The van der Waals surface area contributed by atoms with Crippen LogP contribution in [0.1, 0.15) is 75.0 Å². The maximum Gasteiger partial charge on any atom is -0.0159 e. The average Bonchev–Trinajstić information content (AvgIpc) is 2.53. The minimum atomic E-state index is 0.608. The Labute approximate surface area is 130 Å². The summed E-state index contributed by atoms with van der Waals surface area (Å²) < 4.78 is 0. The van der Waals surface area contributed by atoms with Crippen molar-refractivity contribution in [2.45, 2.75) is 58.3 Å². The fraction of sp³-hybridized carbons (Fsp3) is 0.429. The van der Waals surface area contributed by atoms with Gasteiger partial charge in [0.05, 0.1) is 0 Å². The lowest BCUT2D eigenvalue weighted by Gasteiger charge is -2.21. The molecule has 0 aliphatic heterocycles. The largest absolute Gasteiger partial charge is 0.0648 e. The smallest absolute Gasteiger partial charge is 0.0159 e. The van der Waals surface area contributed by atoms with Crippen molar-refractivity contribution >= 4 is 0 Å². The van der Waals surface area contributed by atoms with Crippen LogP contribution < -0.4 is 0 Å². The van der Waals surface area contributed by atoms with E-state index in [0.717, 1.165) is 0 Å². The van der Waals surface area contributed by atoms with Crippen LogP contribution in [-0.2, 0) is 0 Å². The van der Waals surface area contributed by atoms with Gasteiger partial charge < -0.3 is 0 Å². The molecule has 0 saturated carbocycles. The Hall–Kier alpha value is -1.56.